The molecule has 0 aromatic heterocycles. The molecule has 0 radical (unpaired) electrons. The van der Waals surface area contributed by atoms with Crippen LogP contribution in [0.25, 0.3) is 0 Å². The van der Waals surface area contributed by atoms with Crippen molar-refractivity contribution in [3.63, 3.8) is 0 Å². The number of carbonyl (C=O) groups excluding carboxylic acids is 2. The molecule has 1 saturated heterocycles. The van der Waals surface area contributed by atoms with Crippen LogP contribution in [0.2, 0.25) is 0 Å². The van der Waals surface area contributed by atoms with E-state index in [1.807, 2.05) is 0 Å². The normalized spacial score (nSPS) is 35.3. The number of cyclic esters (lactones) is 1. The Kier molecular flexibility index (Phi) is 3.94. The highest BCUT2D eigenvalue weighted by atomic mass is 16.5. The fraction of sp³-hybridized carbons (Fsp3) is 0.643. The third kappa shape index (κ3) is 2.68. The summed E-state index contributed by atoms with van der Waals surface area (Å²) >= 11 is 0. The van der Waals surface area contributed by atoms with Gasteiger partial charge >= 0.3 is 5.97 Å². The number of amides is 1. The molecule has 0 saturated carbocycles. The van der Waals surface area contributed by atoms with Gasteiger partial charge in [-0.05, 0) is 44.2 Å². The van der Waals surface area contributed by atoms with E-state index in [1.165, 1.54) is 0 Å². The van der Waals surface area contributed by atoms with E-state index in [1.54, 1.807) is 6.08 Å². The number of hydrogen-bond donors (Lipinski definition) is 0. The van der Waals surface area contributed by atoms with Gasteiger partial charge in [0.25, 0.3) is 5.91 Å². The van der Waals surface area contributed by atoms with E-state index in [9.17, 15) is 9.59 Å². The van der Waals surface area contributed by atoms with Crippen molar-refractivity contribution in [3.05, 3.63) is 11.6 Å². The van der Waals surface area contributed by atoms with Gasteiger partial charge in [-0.1, -0.05) is 13.0 Å². The quantitative estimate of drug-likeness (QED) is 0.528. The van der Waals surface area contributed by atoms with Crippen molar-refractivity contribution in [3.8, 4) is 0 Å². The van der Waals surface area contributed by atoms with Gasteiger partial charge in [0.2, 0.25) is 0 Å². The molecule has 1 aliphatic heterocycles. The Balaban J connectivity index is 2.29. The first-order valence-corrected chi connectivity index (χ1v) is 6.50. The Morgan fingerprint density at radius 1 is 1.44 bits per heavy atom. The Labute approximate surface area is 107 Å². The highest BCUT2D eigenvalue weighted by molar-refractivity contribution is 5.97. The van der Waals surface area contributed by atoms with Crippen molar-refractivity contribution in [1.29, 1.82) is 0 Å². The molecule has 0 N–H and O–H groups in total. The Bertz CT molecular complexity index is 400. The fourth-order valence-corrected chi connectivity index (χ4v) is 2.78. The van der Waals surface area contributed by atoms with Gasteiger partial charge in [0.1, 0.15) is 0 Å². The standard InChI is InChI=1S/C14H19NO3/c1-9-8-18-14(17)12-6-4-10(9)3-5-11(7-12)13(16)15-2/h7,9-10,12H,2-6,8H2,1H3/b11-7+. The summed E-state index contributed by atoms with van der Waals surface area (Å²) in [6.45, 7) is 5.88. The van der Waals surface area contributed by atoms with Crippen LogP contribution in [-0.2, 0) is 14.3 Å². The predicted molar refractivity (Wildman–Crippen MR) is 68.2 cm³/mol. The average molecular weight is 249 g/mol. The minimum atomic E-state index is -0.304. The van der Waals surface area contributed by atoms with Crippen LogP contribution in [0.4, 0.5) is 0 Å². The minimum absolute atomic E-state index is 0.212. The number of aliphatic imine (C=N–C) groups is 1. The number of hydrogen-bond acceptors (Lipinski definition) is 3. The fourth-order valence-electron chi connectivity index (χ4n) is 2.78. The zero-order chi connectivity index (χ0) is 13.1. The van der Waals surface area contributed by atoms with Gasteiger partial charge in [0.05, 0.1) is 12.5 Å². The number of esters is 1. The summed E-state index contributed by atoms with van der Waals surface area (Å²) in [5.74, 6) is 0.0715. The lowest BCUT2D eigenvalue weighted by molar-refractivity contribution is -0.150. The molecule has 0 aromatic carbocycles. The summed E-state index contributed by atoms with van der Waals surface area (Å²) in [5, 5.41) is 0. The number of nitrogens with zero attached hydrogens (tertiary/aromatic N) is 1. The molecule has 1 amide bonds. The van der Waals surface area contributed by atoms with E-state index in [0.717, 1.165) is 19.3 Å². The summed E-state index contributed by atoms with van der Waals surface area (Å²) in [7, 11) is 0. The van der Waals surface area contributed by atoms with Gasteiger partial charge in [-0.3, -0.25) is 9.59 Å². The summed E-state index contributed by atoms with van der Waals surface area (Å²) in [6.07, 6.45) is 5.18. The first kappa shape index (κ1) is 13.0. The van der Waals surface area contributed by atoms with Crippen molar-refractivity contribution < 1.29 is 14.3 Å². The van der Waals surface area contributed by atoms with E-state index in [-0.39, 0.29) is 17.8 Å². The average Bonchev–Trinajstić information content (AvgIpc) is 2.34. The smallest absolute Gasteiger partial charge is 0.312 e. The van der Waals surface area contributed by atoms with E-state index in [2.05, 4.69) is 18.6 Å². The zero-order valence-corrected chi connectivity index (χ0v) is 10.7. The lowest BCUT2D eigenvalue weighted by atomic mass is 9.79. The molecule has 2 bridgehead atoms. The van der Waals surface area contributed by atoms with Crippen LogP contribution in [-0.4, -0.2) is 25.2 Å². The molecule has 3 unspecified atom stereocenters. The first-order valence-electron chi connectivity index (χ1n) is 6.50. The number of carbonyl (C=O) groups is 2. The molecule has 3 atom stereocenters. The molecule has 1 aliphatic carbocycles. The number of fused-ring (bicyclic) bond motifs is 3. The topological polar surface area (TPSA) is 55.7 Å². The molecule has 0 aromatic rings. The Morgan fingerprint density at radius 3 is 2.94 bits per heavy atom. The van der Waals surface area contributed by atoms with E-state index in [4.69, 9.17) is 4.74 Å². The minimum Gasteiger partial charge on any atom is -0.465 e. The first-order chi connectivity index (χ1) is 8.61. The van der Waals surface area contributed by atoms with Gasteiger partial charge in [-0.25, -0.2) is 4.99 Å². The predicted octanol–water partition coefficient (Wildman–Crippen LogP) is 2.14. The van der Waals surface area contributed by atoms with E-state index < -0.39 is 0 Å². The van der Waals surface area contributed by atoms with Crippen LogP contribution in [0.15, 0.2) is 16.6 Å². The van der Waals surface area contributed by atoms with Crippen molar-refractivity contribution in [2.75, 3.05) is 6.61 Å². The summed E-state index contributed by atoms with van der Waals surface area (Å²) in [6, 6.07) is 0. The largest absolute Gasteiger partial charge is 0.465 e. The molecular formula is C14H19NO3. The monoisotopic (exact) mass is 249 g/mol. The van der Waals surface area contributed by atoms with Crippen molar-refractivity contribution >= 4 is 18.6 Å². The second-order valence-corrected chi connectivity index (χ2v) is 5.25. The Morgan fingerprint density at radius 2 is 2.22 bits per heavy atom. The summed E-state index contributed by atoms with van der Waals surface area (Å²) < 4.78 is 5.29. The molecule has 4 nitrogen and oxygen atoms in total. The molecule has 98 valence electrons. The van der Waals surface area contributed by atoms with E-state index in [0.29, 0.717) is 30.4 Å². The van der Waals surface area contributed by atoms with Gasteiger partial charge in [0, 0.05) is 5.57 Å². The lowest BCUT2D eigenvalue weighted by Gasteiger charge is -2.30. The second kappa shape index (κ2) is 5.46. The lowest BCUT2D eigenvalue weighted by Crippen LogP contribution is -2.29. The maximum Gasteiger partial charge on any atom is 0.312 e. The number of rotatable bonds is 1. The number of ether oxygens (including phenoxy) is 1. The van der Waals surface area contributed by atoms with Crippen molar-refractivity contribution in [1.82, 2.24) is 0 Å². The van der Waals surface area contributed by atoms with Gasteiger partial charge < -0.3 is 4.74 Å². The van der Waals surface area contributed by atoms with Crippen LogP contribution in [0.1, 0.15) is 32.6 Å². The highest BCUT2D eigenvalue weighted by Crippen LogP contribution is 2.33. The van der Waals surface area contributed by atoms with Gasteiger partial charge in [0.15, 0.2) is 0 Å². The molecule has 1 fully saturated rings. The van der Waals surface area contributed by atoms with Crippen LogP contribution in [0.5, 0.6) is 0 Å². The van der Waals surface area contributed by atoms with Gasteiger partial charge in [-0.15, -0.1) is 0 Å². The third-order valence-corrected chi connectivity index (χ3v) is 4.05. The van der Waals surface area contributed by atoms with Crippen LogP contribution in [0.3, 0.4) is 0 Å². The second-order valence-electron chi connectivity index (χ2n) is 5.25. The molecule has 0 spiro atoms. The summed E-state index contributed by atoms with van der Waals surface area (Å²) in [5.41, 5.74) is 0.616. The molecule has 2 aliphatic rings. The van der Waals surface area contributed by atoms with Crippen molar-refractivity contribution in [2.24, 2.45) is 22.7 Å². The highest BCUT2D eigenvalue weighted by Gasteiger charge is 2.30. The molecule has 2 rings (SSSR count). The maximum atomic E-state index is 11.9. The van der Waals surface area contributed by atoms with Crippen molar-refractivity contribution in [2.45, 2.75) is 32.6 Å². The summed E-state index contributed by atoms with van der Waals surface area (Å²) in [4.78, 5) is 27.0. The zero-order valence-electron chi connectivity index (χ0n) is 10.7. The maximum absolute atomic E-state index is 11.9. The molecule has 4 heteroatoms. The molecular weight excluding hydrogens is 230 g/mol. The van der Waals surface area contributed by atoms with Crippen LogP contribution >= 0.6 is 0 Å². The van der Waals surface area contributed by atoms with Crippen LogP contribution < -0.4 is 0 Å². The SMILES string of the molecule is C=NC(=O)/C1=C/C2CCC(CC1)C(C)COC2=O. The third-order valence-electron chi connectivity index (χ3n) is 4.05. The van der Waals surface area contributed by atoms with Crippen LogP contribution in [0, 0.1) is 17.8 Å². The van der Waals surface area contributed by atoms with Gasteiger partial charge in [-0.2, -0.15) is 0 Å². The van der Waals surface area contributed by atoms with E-state index >= 15 is 0 Å². The Hall–Kier alpha value is -1.45. The molecule has 1 heterocycles. The molecule has 18 heavy (non-hydrogen) atoms.